The lowest BCUT2D eigenvalue weighted by molar-refractivity contribution is 0.262. The Balaban J connectivity index is 1.36. The predicted octanol–water partition coefficient (Wildman–Crippen LogP) is 5.41. The molecule has 0 bridgehead atoms. The van der Waals surface area contributed by atoms with Gasteiger partial charge in [0.2, 0.25) is 0 Å². The first kappa shape index (κ1) is 18.3. The van der Waals surface area contributed by atoms with Crippen LogP contribution in [0.25, 0.3) is 0 Å². The van der Waals surface area contributed by atoms with Gasteiger partial charge >= 0.3 is 6.03 Å². The Hall–Kier alpha value is -3.11. The van der Waals surface area contributed by atoms with Gasteiger partial charge in [-0.3, -0.25) is 4.90 Å². The molecule has 0 saturated heterocycles. The highest BCUT2D eigenvalue weighted by atomic mass is 16.2. The Morgan fingerprint density at radius 3 is 2.25 bits per heavy atom. The maximum absolute atomic E-state index is 12.3. The monoisotopic (exact) mass is 371 g/mol. The summed E-state index contributed by atoms with van der Waals surface area (Å²) in [5.41, 5.74) is 6.80. The molecule has 0 spiro atoms. The zero-order chi connectivity index (χ0) is 19.3. The summed E-state index contributed by atoms with van der Waals surface area (Å²) in [7, 11) is 0. The van der Waals surface area contributed by atoms with Crippen LogP contribution in [0.3, 0.4) is 0 Å². The van der Waals surface area contributed by atoms with E-state index in [1.165, 1.54) is 22.3 Å². The minimum atomic E-state index is -0.219. The highest BCUT2D eigenvalue weighted by Crippen LogP contribution is 2.27. The number of urea groups is 1. The quantitative estimate of drug-likeness (QED) is 0.630. The molecule has 0 fully saturated rings. The smallest absolute Gasteiger partial charge is 0.308 e. The lowest BCUT2D eigenvalue weighted by atomic mass is 10.1. The number of fused-ring (bicyclic) bond motifs is 1. The van der Waals surface area contributed by atoms with E-state index in [0.717, 1.165) is 37.4 Å². The van der Waals surface area contributed by atoms with Crippen molar-refractivity contribution in [2.75, 3.05) is 10.6 Å². The van der Waals surface area contributed by atoms with Crippen molar-refractivity contribution in [1.29, 1.82) is 0 Å². The van der Waals surface area contributed by atoms with Gasteiger partial charge in [-0.2, -0.15) is 0 Å². The van der Waals surface area contributed by atoms with Crippen LogP contribution in [0.5, 0.6) is 0 Å². The van der Waals surface area contributed by atoms with E-state index in [1.807, 2.05) is 36.4 Å². The third-order valence-corrected chi connectivity index (χ3v) is 5.12. The predicted molar refractivity (Wildman–Crippen MR) is 114 cm³/mol. The van der Waals surface area contributed by atoms with E-state index in [-0.39, 0.29) is 6.03 Å². The van der Waals surface area contributed by atoms with Crippen LogP contribution in [0, 0.1) is 0 Å². The van der Waals surface area contributed by atoms with Crippen LogP contribution in [0.1, 0.15) is 29.2 Å². The Labute approximate surface area is 166 Å². The summed E-state index contributed by atoms with van der Waals surface area (Å²) in [6.45, 7) is 4.90. The van der Waals surface area contributed by atoms with E-state index < -0.39 is 0 Å². The van der Waals surface area contributed by atoms with E-state index in [1.54, 1.807) is 0 Å². The Bertz CT molecular complexity index is 951. The number of aryl methyl sites for hydroxylation is 1. The summed E-state index contributed by atoms with van der Waals surface area (Å²) in [6, 6.07) is 24.4. The molecule has 1 aliphatic rings. The molecule has 4 nitrogen and oxygen atoms in total. The molecule has 0 radical (unpaired) electrons. The van der Waals surface area contributed by atoms with Gasteiger partial charge in [-0.15, -0.1) is 0 Å². The highest BCUT2D eigenvalue weighted by molar-refractivity contribution is 5.99. The van der Waals surface area contributed by atoms with Gasteiger partial charge in [0.15, 0.2) is 0 Å². The first-order valence-corrected chi connectivity index (χ1v) is 9.74. The van der Waals surface area contributed by atoms with Crippen molar-refractivity contribution >= 4 is 17.4 Å². The number of benzene rings is 3. The fraction of sp³-hybridized carbons (Fsp3) is 0.208. The standard InChI is InChI=1S/C24H25N3O/c1-2-18-8-11-22(12-9-18)25-24(28)26-23-13-10-20-16-27(17-21(20)14-23)15-19-6-4-3-5-7-19/h3-14H,2,15-17H2,1H3,(H2,25,26,28). The molecule has 0 atom stereocenters. The molecule has 4 heteroatoms. The van der Waals surface area contributed by atoms with Crippen molar-refractivity contribution in [3.63, 3.8) is 0 Å². The zero-order valence-electron chi connectivity index (χ0n) is 16.1. The summed E-state index contributed by atoms with van der Waals surface area (Å²) in [5, 5.41) is 5.84. The van der Waals surface area contributed by atoms with Gasteiger partial charge in [0.25, 0.3) is 0 Å². The van der Waals surface area contributed by atoms with Gasteiger partial charge in [-0.25, -0.2) is 4.79 Å². The lowest BCUT2D eigenvalue weighted by Gasteiger charge is -2.14. The summed E-state index contributed by atoms with van der Waals surface area (Å²) in [4.78, 5) is 14.7. The summed E-state index contributed by atoms with van der Waals surface area (Å²) < 4.78 is 0. The zero-order valence-corrected chi connectivity index (χ0v) is 16.1. The number of hydrogen-bond donors (Lipinski definition) is 2. The van der Waals surface area contributed by atoms with Crippen molar-refractivity contribution in [2.24, 2.45) is 0 Å². The molecule has 4 rings (SSSR count). The van der Waals surface area contributed by atoms with Crippen LogP contribution in [-0.4, -0.2) is 10.9 Å². The molecule has 0 saturated carbocycles. The maximum atomic E-state index is 12.3. The topological polar surface area (TPSA) is 44.4 Å². The molecule has 0 aliphatic carbocycles. The Morgan fingerprint density at radius 1 is 0.821 bits per heavy atom. The van der Waals surface area contributed by atoms with E-state index >= 15 is 0 Å². The highest BCUT2D eigenvalue weighted by Gasteiger charge is 2.19. The van der Waals surface area contributed by atoms with Crippen LogP contribution in [0.15, 0.2) is 72.8 Å². The van der Waals surface area contributed by atoms with Gasteiger partial charge in [0.05, 0.1) is 0 Å². The average molecular weight is 371 g/mol. The van der Waals surface area contributed by atoms with Gasteiger partial charge in [0, 0.05) is 31.0 Å². The Kier molecular flexibility index (Phi) is 5.40. The molecule has 1 aliphatic heterocycles. The molecule has 3 aromatic carbocycles. The molecular weight excluding hydrogens is 346 g/mol. The molecular formula is C24H25N3O. The Morgan fingerprint density at radius 2 is 1.50 bits per heavy atom. The largest absolute Gasteiger partial charge is 0.323 e. The average Bonchev–Trinajstić information content (AvgIpc) is 3.10. The van der Waals surface area contributed by atoms with Crippen LogP contribution >= 0.6 is 0 Å². The molecule has 142 valence electrons. The van der Waals surface area contributed by atoms with E-state index in [9.17, 15) is 4.79 Å². The summed E-state index contributed by atoms with van der Waals surface area (Å²) >= 11 is 0. The third-order valence-electron chi connectivity index (χ3n) is 5.12. The number of hydrogen-bond acceptors (Lipinski definition) is 2. The lowest BCUT2D eigenvalue weighted by Crippen LogP contribution is -2.19. The number of anilines is 2. The maximum Gasteiger partial charge on any atom is 0.323 e. The summed E-state index contributed by atoms with van der Waals surface area (Å²) in [6.07, 6.45) is 0.989. The second kappa shape index (κ2) is 8.28. The van der Waals surface area contributed by atoms with Crippen LogP contribution < -0.4 is 10.6 Å². The number of carbonyl (C=O) groups excluding carboxylic acids is 1. The number of rotatable bonds is 5. The molecule has 1 heterocycles. The van der Waals surface area contributed by atoms with Crippen molar-refractivity contribution in [1.82, 2.24) is 4.90 Å². The van der Waals surface area contributed by atoms with Crippen LogP contribution in [-0.2, 0) is 26.1 Å². The SMILES string of the molecule is CCc1ccc(NC(=O)Nc2ccc3c(c2)CN(Cc2ccccc2)C3)cc1. The minimum Gasteiger partial charge on any atom is -0.308 e. The van der Waals surface area contributed by atoms with Crippen LogP contribution in [0.4, 0.5) is 16.2 Å². The number of carbonyl (C=O) groups is 1. The van der Waals surface area contributed by atoms with Gasteiger partial charge in [-0.05, 0) is 52.9 Å². The van der Waals surface area contributed by atoms with Crippen molar-refractivity contribution < 1.29 is 4.79 Å². The fourth-order valence-electron chi connectivity index (χ4n) is 3.61. The minimum absolute atomic E-state index is 0.219. The molecule has 0 aromatic heterocycles. The van der Waals surface area contributed by atoms with E-state index in [4.69, 9.17) is 0 Å². The first-order valence-electron chi connectivity index (χ1n) is 9.74. The van der Waals surface area contributed by atoms with Crippen molar-refractivity contribution in [3.8, 4) is 0 Å². The molecule has 0 unspecified atom stereocenters. The normalized spacial score (nSPS) is 13.2. The third kappa shape index (κ3) is 4.41. The second-order valence-corrected chi connectivity index (χ2v) is 7.24. The molecule has 2 N–H and O–H groups in total. The van der Waals surface area contributed by atoms with E-state index in [2.05, 4.69) is 58.9 Å². The molecule has 2 amide bonds. The molecule has 3 aromatic rings. The van der Waals surface area contributed by atoms with Gasteiger partial charge in [0.1, 0.15) is 0 Å². The van der Waals surface area contributed by atoms with Gasteiger partial charge in [-0.1, -0.05) is 55.5 Å². The second-order valence-electron chi connectivity index (χ2n) is 7.24. The number of amides is 2. The van der Waals surface area contributed by atoms with Crippen molar-refractivity contribution in [3.05, 3.63) is 95.1 Å². The first-order chi connectivity index (χ1) is 13.7. The number of nitrogens with one attached hydrogen (secondary N) is 2. The molecule has 28 heavy (non-hydrogen) atoms. The van der Waals surface area contributed by atoms with Crippen LogP contribution in [0.2, 0.25) is 0 Å². The fourth-order valence-corrected chi connectivity index (χ4v) is 3.61. The summed E-state index contributed by atoms with van der Waals surface area (Å²) in [5.74, 6) is 0. The number of nitrogens with zero attached hydrogens (tertiary/aromatic N) is 1. The van der Waals surface area contributed by atoms with Gasteiger partial charge < -0.3 is 10.6 Å². The van der Waals surface area contributed by atoms with E-state index in [0.29, 0.717) is 0 Å². The van der Waals surface area contributed by atoms with Crippen molar-refractivity contribution in [2.45, 2.75) is 33.0 Å².